The minimum absolute atomic E-state index is 1.10. The van der Waals surface area contributed by atoms with Crippen molar-refractivity contribution in [1.82, 2.24) is 0 Å². The molecule has 0 amide bonds. The van der Waals surface area contributed by atoms with Gasteiger partial charge in [0.2, 0.25) is 0 Å². The molecule has 0 atom stereocenters. The molecular weight excluding hydrogens is 156 g/mol. The summed E-state index contributed by atoms with van der Waals surface area (Å²) >= 11 is 0. The fourth-order valence-corrected chi connectivity index (χ4v) is 1.74. The molecule has 1 aliphatic rings. The summed E-state index contributed by atoms with van der Waals surface area (Å²) in [6, 6.07) is 11.6. The normalized spacial score (nSPS) is 16.0. The average Bonchev–Trinajstić information content (AvgIpc) is 2.98. The highest BCUT2D eigenvalue weighted by Crippen LogP contribution is 2.33. The minimum Gasteiger partial charge on any atom is -0.0620 e. The van der Waals surface area contributed by atoms with Crippen LogP contribution in [0.2, 0.25) is 0 Å². The zero-order valence-corrected chi connectivity index (χ0v) is 8.13. The van der Waals surface area contributed by atoms with Crippen LogP contribution in [0.5, 0.6) is 0 Å². The number of benzene rings is 1. The molecule has 1 radical (unpaired) electrons. The Bertz CT molecular complexity index is 233. The van der Waals surface area contributed by atoms with E-state index < -0.39 is 0 Å². The third kappa shape index (κ3) is 3.22. The van der Waals surface area contributed by atoms with Gasteiger partial charge in [0, 0.05) is 0 Å². The summed E-state index contributed by atoms with van der Waals surface area (Å²) < 4.78 is 0. The number of aryl methyl sites for hydroxylation is 1. The van der Waals surface area contributed by atoms with Crippen molar-refractivity contribution in [1.29, 1.82) is 0 Å². The zero-order chi connectivity index (χ0) is 8.93. The van der Waals surface area contributed by atoms with Crippen LogP contribution in [-0.4, -0.2) is 0 Å². The van der Waals surface area contributed by atoms with Crippen LogP contribution in [0.4, 0.5) is 0 Å². The van der Waals surface area contributed by atoms with Gasteiger partial charge < -0.3 is 0 Å². The maximum Gasteiger partial charge on any atom is -0.0149 e. The van der Waals surface area contributed by atoms with Crippen molar-refractivity contribution in [3.05, 3.63) is 35.9 Å². The number of hydrogen-bond donors (Lipinski definition) is 0. The Balaban J connectivity index is 1.61. The first-order valence-electron chi connectivity index (χ1n) is 5.41. The lowest BCUT2D eigenvalue weighted by Gasteiger charge is -1.99. The van der Waals surface area contributed by atoms with Crippen molar-refractivity contribution < 1.29 is 0 Å². The van der Waals surface area contributed by atoms with Gasteiger partial charge in [-0.25, -0.2) is 0 Å². The quantitative estimate of drug-likeness (QED) is 0.597. The molecule has 0 heteroatoms. The van der Waals surface area contributed by atoms with Gasteiger partial charge in [-0.05, 0) is 30.4 Å². The summed E-state index contributed by atoms with van der Waals surface area (Å²) in [6.45, 7) is 0. The van der Waals surface area contributed by atoms with Crippen LogP contribution in [0, 0.1) is 12.0 Å². The van der Waals surface area contributed by atoms with E-state index in [1.165, 1.54) is 44.1 Å². The Kier molecular flexibility index (Phi) is 3.02. The molecule has 1 aromatic rings. The van der Waals surface area contributed by atoms with Gasteiger partial charge in [0.05, 0.1) is 0 Å². The Morgan fingerprint density at radius 1 is 1.23 bits per heavy atom. The number of unbranched alkanes of at least 4 members (excludes halogenated alkanes) is 1. The molecule has 1 fully saturated rings. The molecular formula is C13H17. The van der Waals surface area contributed by atoms with Gasteiger partial charge in [0.1, 0.15) is 0 Å². The second-order valence-electron chi connectivity index (χ2n) is 4.08. The maximum absolute atomic E-state index is 3.27. The summed E-state index contributed by atoms with van der Waals surface area (Å²) in [5, 5.41) is 0. The van der Waals surface area contributed by atoms with Crippen LogP contribution < -0.4 is 0 Å². The highest BCUT2D eigenvalue weighted by atomic mass is 14.3. The Morgan fingerprint density at radius 3 is 2.85 bits per heavy atom. The molecule has 0 aromatic heterocycles. The molecule has 0 nitrogen and oxygen atoms in total. The van der Waals surface area contributed by atoms with Crippen LogP contribution in [-0.2, 0) is 6.42 Å². The van der Waals surface area contributed by atoms with Crippen molar-refractivity contribution in [3.8, 4) is 0 Å². The molecule has 0 spiro atoms. The third-order valence-corrected chi connectivity index (χ3v) is 2.78. The number of hydrogen-bond acceptors (Lipinski definition) is 0. The molecule has 69 valence electrons. The van der Waals surface area contributed by atoms with Crippen LogP contribution in [0.1, 0.15) is 37.7 Å². The van der Waals surface area contributed by atoms with Crippen molar-refractivity contribution >= 4 is 0 Å². The second kappa shape index (κ2) is 4.45. The summed E-state index contributed by atoms with van der Waals surface area (Å²) in [5.41, 5.74) is 1.37. The minimum atomic E-state index is 1.10. The first kappa shape index (κ1) is 8.80. The van der Waals surface area contributed by atoms with Gasteiger partial charge in [-0.3, -0.25) is 0 Å². The number of rotatable bonds is 5. The molecule has 1 aliphatic carbocycles. The molecule has 13 heavy (non-hydrogen) atoms. The van der Waals surface area contributed by atoms with E-state index in [4.69, 9.17) is 0 Å². The summed E-state index contributed by atoms with van der Waals surface area (Å²) in [6.07, 6.45) is 8.43. The SMILES string of the molecule is [c]1ccccc1CCCCC1CC1. The summed E-state index contributed by atoms with van der Waals surface area (Å²) in [4.78, 5) is 0. The summed E-state index contributed by atoms with van der Waals surface area (Å²) in [7, 11) is 0. The predicted octanol–water partition coefficient (Wildman–Crippen LogP) is 3.61. The lowest BCUT2D eigenvalue weighted by Crippen LogP contribution is -1.86. The van der Waals surface area contributed by atoms with E-state index in [-0.39, 0.29) is 0 Å². The van der Waals surface area contributed by atoms with Crippen LogP contribution in [0.3, 0.4) is 0 Å². The smallest absolute Gasteiger partial charge is 0.0149 e. The van der Waals surface area contributed by atoms with Crippen LogP contribution in [0.15, 0.2) is 24.3 Å². The molecule has 0 heterocycles. The van der Waals surface area contributed by atoms with Crippen molar-refractivity contribution in [2.75, 3.05) is 0 Å². The lowest BCUT2D eigenvalue weighted by molar-refractivity contribution is 0.628. The largest absolute Gasteiger partial charge is 0.0620 e. The molecule has 0 N–H and O–H groups in total. The zero-order valence-electron chi connectivity index (χ0n) is 8.13. The van der Waals surface area contributed by atoms with E-state index in [0.717, 1.165) is 5.92 Å². The van der Waals surface area contributed by atoms with E-state index in [2.05, 4.69) is 18.2 Å². The molecule has 0 bridgehead atoms. The van der Waals surface area contributed by atoms with Gasteiger partial charge in [0.25, 0.3) is 0 Å². The fourth-order valence-electron chi connectivity index (χ4n) is 1.74. The van der Waals surface area contributed by atoms with Gasteiger partial charge in [-0.15, -0.1) is 0 Å². The van der Waals surface area contributed by atoms with Crippen LogP contribution in [0.25, 0.3) is 0 Å². The fraction of sp³-hybridized carbons (Fsp3) is 0.538. The third-order valence-electron chi connectivity index (χ3n) is 2.78. The van der Waals surface area contributed by atoms with Crippen molar-refractivity contribution in [2.24, 2.45) is 5.92 Å². The first-order chi connectivity index (χ1) is 6.45. The second-order valence-corrected chi connectivity index (χ2v) is 4.08. The molecule has 2 rings (SSSR count). The molecule has 1 saturated carbocycles. The Labute approximate surface area is 81.0 Å². The highest BCUT2D eigenvalue weighted by molar-refractivity contribution is 5.12. The summed E-state index contributed by atoms with van der Waals surface area (Å²) in [5.74, 6) is 1.10. The Hall–Kier alpha value is -0.780. The van der Waals surface area contributed by atoms with Crippen LogP contribution >= 0.6 is 0 Å². The van der Waals surface area contributed by atoms with Gasteiger partial charge in [-0.1, -0.05) is 49.9 Å². The van der Waals surface area contributed by atoms with E-state index in [1.807, 2.05) is 12.1 Å². The molecule has 0 saturated heterocycles. The first-order valence-corrected chi connectivity index (χ1v) is 5.41. The van der Waals surface area contributed by atoms with Gasteiger partial charge in [-0.2, -0.15) is 0 Å². The van der Waals surface area contributed by atoms with E-state index in [9.17, 15) is 0 Å². The maximum atomic E-state index is 3.27. The van der Waals surface area contributed by atoms with E-state index in [1.54, 1.807) is 0 Å². The van der Waals surface area contributed by atoms with E-state index >= 15 is 0 Å². The van der Waals surface area contributed by atoms with Gasteiger partial charge >= 0.3 is 0 Å². The predicted molar refractivity (Wildman–Crippen MR) is 55.6 cm³/mol. The van der Waals surface area contributed by atoms with Crippen molar-refractivity contribution in [3.63, 3.8) is 0 Å². The highest BCUT2D eigenvalue weighted by Gasteiger charge is 2.19. The van der Waals surface area contributed by atoms with Gasteiger partial charge in [0.15, 0.2) is 0 Å². The molecule has 0 unspecified atom stereocenters. The van der Waals surface area contributed by atoms with E-state index in [0.29, 0.717) is 0 Å². The van der Waals surface area contributed by atoms with Crippen molar-refractivity contribution in [2.45, 2.75) is 38.5 Å². The monoisotopic (exact) mass is 173 g/mol. The lowest BCUT2D eigenvalue weighted by atomic mass is 10.1. The standard InChI is InChI=1S/C13H17/c1-2-6-12(7-3-1)8-4-5-9-13-10-11-13/h1-3,6,13H,4-5,8-11H2. The topological polar surface area (TPSA) is 0 Å². The average molecular weight is 173 g/mol. The molecule has 0 aliphatic heterocycles. The Morgan fingerprint density at radius 2 is 2.15 bits per heavy atom. The molecule has 1 aromatic carbocycles.